The number of hydrogen-bond donors (Lipinski definition) is 1. The van der Waals surface area contributed by atoms with E-state index in [4.69, 9.17) is 5.11 Å². The number of sulfone groups is 1. The fraction of sp³-hybridized carbons (Fsp3) is 0.727. The second kappa shape index (κ2) is 6.32. The van der Waals surface area contributed by atoms with Crippen LogP contribution in [-0.2, 0) is 24.2 Å². The van der Waals surface area contributed by atoms with E-state index in [1.807, 2.05) is 11.8 Å². The summed E-state index contributed by atoms with van der Waals surface area (Å²) < 4.78 is 27.9. The summed E-state index contributed by atoms with van der Waals surface area (Å²) in [6.45, 7) is 1.48. The maximum atomic E-state index is 11.6. The zero-order chi connectivity index (χ0) is 15.6. The Morgan fingerprint density at radius 3 is 2.76 bits per heavy atom. The third-order valence-electron chi connectivity index (χ3n) is 3.19. The Labute approximate surface area is 126 Å². The number of thioether (sulfide) groups is 1. The number of aliphatic imine (C=N–C) groups is 1. The lowest BCUT2D eigenvalue weighted by Gasteiger charge is -2.22. The van der Waals surface area contributed by atoms with Gasteiger partial charge in [0.2, 0.25) is 0 Å². The molecule has 0 aromatic heterocycles. The zero-order valence-corrected chi connectivity index (χ0v) is 13.0. The summed E-state index contributed by atoms with van der Waals surface area (Å²) in [5, 5.41) is 8.80. The van der Waals surface area contributed by atoms with Crippen LogP contribution in [0.15, 0.2) is 4.99 Å². The lowest BCUT2D eigenvalue weighted by atomic mass is 10.2. The van der Waals surface area contributed by atoms with Crippen LogP contribution in [0.4, 0.5) is 0 Å². The molecule has 2 aliphatic rings. The SMILES string of the molecule is CCN1C(=NC(=O)COCC(=O)O)S[C@H]2CS(=O)(=O)C[C@H]21. The molecule has 0 aliphatic carbocycles. The van der Waals surface area contributed by atoms with Crippen molar-refractivity contribution in [2.75, 3.05) is 31.3 Å². The van der Waals surface area contributed by atoms with E-state index >= 15 is 0 Å². The number of amides is 1. The van der Waals surface area contributed by atoms with Gasteiger partial charge in [-0.15, -0.1) is 0 Å². The Hall–Kier alpha value is -1.13. The predicted octanol–water partition coefficient (Wildman–Crippen LogP) is -0.795. The van der Waals surface area contributed by atoms with Crippen molar-refractivity contribution in [2.45, 2.75) is 18.2 Å². The molecule has 1 amide bonds. The summed E-state index contributed by atoms with van der Waals surface area (Å²) in [4.78, 5) is 27.6. The molecule has 0 saturated carbocycles. The van der Waals surface area contributed by atoms with Crippen LogP contribution in [0, 0.1) is 0 Å². The van der Waals surface area contributed by atoms with Gasteiger partial charge in [-0.25, -0.2) is 13.2 Å². The molecule has 0 radical (unpaired) electrons. The van der Waals surface area contributed by atoms with Crippen molar-refractivity contribution < 1.29 is 27.9 Å². The third kappa shape index (κ3) is 3.95. The number of carbonyl (C=O) groups excluding carboxylic acids is 1. The van der Waals surface area contributed by atoms with Gasteiger partial charge in [-0.3, -0.25) is 4.79 Å². The lowest BCUT2D eigenvalue weighted by Crippen LogP contribution is -2.37. The van der Waals surface area contributed by atoms with E-state index in [0.29, 0.717) is 11.7 Å². The first kappa shape index (κ1) is 16.2. The summed E-state index contributed by atoms with van der Waals surface area (Å²) >= 11 is 1.29. The quantitative estimate of drug-likeness (QED) is 0.694. The highest BCUT2D eigenvalue weighted by Gasteiger charge is 2.48. The number of nitrogens with zero attached hydrogens (tertiary/aromatic N) is 2. The van der Waals surface area contributed by atoms with Gasteiger partial charge in [0, 0.05) is 11.8 Å². The van der Waals surface area contributed by atoms with Gasteiger partial charge < -0.3 is 14.7 Å². The number of aliphatic carboxylic acids is 1. The number of fused-ring (bicyclic) bond motifs is 1. The molecule has 2 rings (SSSR count). The van der Waals surface area contributed by atoms with Crippen LogP contribution in [0.25, 0.3) is 0 Å². The first-order valence-electron chi connectivity index (χ1n) is 6.37. The van der Waals surface area contributed by atoms with Crippen molar-refractivity contribution >= 4 is 38.6 Å². The molecule has 2 saturated heterocycles. The van der Waals surface area contributed by atoms with Crippen LogP contribution in [-0.4, -0.2) is 78.0 Å². The van der Waals surface area contributed by atoms with E-state index in [1.54, 1.807) is 0 Å². The van der Waals surface area contributed by atoms with Crippen molar-refractivity contribution in [3.8, 4) is 0 Å². The number of carbonyl (C=O) groups is 2. The predicted molar refractivity (Wildman–Crippen MR) is 77.1 cm³/mol. The molecule has 2 heterocycles. The van der Waals surface area contributed by atoms with Crippen LogP contribution < -0.4 is 0 Å². The molecule has 0 spiro atoms. The van der Waals surface area contributed by atoms with Crippen molar-refractivity contribution in [1.82, 2.24) is 4.90 Å². The number of rotatable bonds is 5. The van der Waals surface area contributed by atoms with Crippen molar-refractivity contribution in [1.29, 1.82) is 0 Å². The van der Waals surface area contributed by atoms with Crippen LogP contribution >= 0.6 is 11.8 Å². The normalized spacial score (nSPS) is 28.8. The zero-order valence-electron chi connectivity index (χ0n) is 11.4. The second-order valence-corrected chi connectivity index (χ2v) is 8.12. The monoisotopic (exact) mass is 336 g/mol. The maximum absolute atomic E-state index is 11.6. The van der Waals surface area contributed by atoms with Crippen LogP contribution in [0.5, 0.6) is 0 Å². The molecule has 8 nitrogen and oxygen atoms in total. The molecular formula is C11H16N2O6S2. The van der Waals surface area contributed by atoms with Gasteiger partial charge >= 0.3 is 5.97 Å². The van der Waals surface area contributed by atoms with Gasteiger partial charge in [0.25, 0.3) is 5.91 Å². The average Bonchev–Trinajstić information content (AvgIpc) is 2.79. The number of ether oxygens (including phenoxy) is 1. The topological polar surface area (TPSA) is 113 Å². The highest BCUT2D eigenvalue weighted by atomic mass is 32.2. The van der Waals surface area contributed by atoms with Crippen LogP contribution in [0.3, 0.4) is 0 Å². The van der Waals surface area contributed by atoms with Gasteiger partial charge in [-0.1, -0.05) is 11.8 Å². The first-order valence-corrected chi connectivity index (χ1v) is 9.07. The molecule has 1 N–H and O–H groups in total. The molecule has 2 aliphatic heterocycles. The summed E-state index contributed by atoms with van der Waals surface area (Å²) in [6, 6.07) is -0.142. The van der Waals surface area contributed by atoms with Crippen molar-refractivity contribution in [3.63, 3.8) is 0 Å². The van der Waals surface area contributed by atoms with Gasteiger partial charge in [-0.2, -0.15) is 4.99 Å². The molecule has 2 fully saturated rings. The molecule has 21 heavy (non-hydrogen) atoms. The molecule has 0 aromatic carbocycles. The fourth-order valence-electron chi connectivity index (χ4n) is 2.37. The van der Waals surface area contributed by atoms with E-state index < -0.39 is 34.9 Å². The third-order valence-corrected chi connectivity index (χ3v) is 6.43. The molecule has 0 bridgehead atoms. The highest BCUT2D eigenvalue weighted by molar-refractivity contribution is 8.15. The Morgan fingerprint density at radius 1 is 1.43 bits per heavy atom. The molecule has 10 heteroatoms. The van der Waals surface area contributed by atoms with Gasteiger partial charge in [0.1, 0.15) is 13.2 Å². The molecule has 0 aromatic rings. The first-order chi connectivity index (χ1) is 9.82. The summed E-state index contributed by atoms with van der Waals surface area (Å²) in [5.41, 5.74) is 0. The van der Waals surface area contributed by atoms with E-state index in [0.717, 1.165) is 0 Å². The molecule has 2 atom stereocenters. The molecule has 118 valence electrons. The minimum atomic E-state index is -3.02. The number of hydrogen-bond acceptors (Lipinski definition) is 6. The summed E-state index contributed by atoms with van der Waals surface area (Å²) in [7, 11) is -3.02. The molecular weight excluding hydrogens is 320 g/mol. The minimum absolute atomic E-state index is 0.0846. The van der Waals surface area contributed by atoms with Crippen LogP contribution in [0.2, 0.25) is 0 Å². The maximum Gasteiger partial charge on any atom is 0.329 e. The summed E-state index contributed by atoms with van der Waals surface area (Å²) in [6.07, 6.45) is 0. The van der Waals surface area contributed by atoms with E-state index in [9.17, 15) is 18.0 Å². The standard InChI is InChI=1S/C11H16N2O6S2/c1-2-13-7-5-21(17,18)6-8(7)20-11(13)12-9(14)3-19-4-10(15)16/h7-8H,2-6H2,1H3,(H,15,16)/t7-,8+/m1/s1. The van der Waals surface area contributed by atoms with E-state index in [2.05, 4.69) is 9.73 Å². The van der Waals surface area contributed by atoms with Crippen molar-refractivity contribution in [2.24, 2.45) is 4.99 Å². The average molecular weight is 336 g/mol. The van der Waals surface area contributed by atoms with Gasteiger partial charge in [0.05, 0.1) is 17.5 Å². The van der Waals surface area contributed by atoms with Gasteiger partial charge in [-0.05, 0) is 6.92 Å². The summed E-state index contributed by atoms with van der Waals surface area (Å²) in [5.74, 6) is -1.54. The Morgan fingerprint density at radius 2 is 2.14 bits per heavy atom. The van der Waals surface area contributed by atoms with E-state index in [-0.39, 0.29) is 22.8 Å². The number of amidine groups is 1. The van der Waals surface area contributed by atoms with Gasteiger partial charge in [0.15, 0.2) is 15.0 Å². The fourth-order valence-corrected chi connectivity index (χ4v) is 6.40. The van der Waals surface area contributed by atoms with E-state index in [1.165, 1.54) is 11.8 Å². The van der Waals surface area contributed by atoms with Crippen molar-refractivity contribution in [3.05, 3.63) is 0 Å². The Bertz CT molecular complexity index is 573. The largest absolute Gasteiger partial charge is 0.480 e. The minimum Gasteiger partial charge on any atom is -0.480 e. The number of carboxylic acids is 1. The smallest absolute Gasteiger partial charge is 0.329 e. The Kier molecular flexibility index (Phi) is 4.89. The molecule has 0 unspecified atom stereocenters. The number of carboxylic acid groups (broad SMARTS) is 1. The Balaban J connectivity index is 1.99. The second-order valence-electron chi connectivity index (χ2n) is 4.76. The lowest BCUT2D eigenvalue weighted by molar-refractivity contribution is -0.143. The van der Waals surface area contributed by atoms with Crippen LogP contribution in [0.1, 0.15) is 6.92 Å². The highest BCUT2D eigenvalue weighted by Crippen LogP contribution is 2.37.